The predicted molar refractivity (Wildman–Crippen MR) is 115 cm³/mol. The highest BCUT2D eigenvalue weighted by Gasteiger charge is 2.23. The standard InChI is InChI=1S/C18H15BrN6O6/c1-10-9-23(18(20)22-10)21-8-11-5-13(19)17(16(6-11)30-2)31-15-4-3-12(24(26)27)7-14(15)25(28)29/h3-9H,1-2H3,(H2,20,22). The van der Waals surface area contributed by atoms with Gasteiger partial charge >= 0.3 is 5.69 Å². The van der Waals surface area contributed by atoms with Crippen molar-refractivity contribution in [2.75, 3.05) is 12.8 Å². The topological polar surface area (TPSA) is 161 Å². The number of ether oxygens (including phenoxy) is 2. The van der Waals surface area contributed by atoms with E-state index in [-0.39, 0.29) is 23.2 Å². The van der Waals surface area contributed by atoms with Crippen LogP contribution in [-0.2, 0) is 0 Å². The number of nitrogens with two attached hydrogens (primary N) is 1. The molecule has 1 heterocycles. The van der Waals surface area contributed by atoms with Gasteiger partial charge in [0.25, 0.3) is 5.69 Å². The summed E-state index contributed by atoms with van der Waals surface area (Å²) in [6, 6.07) is 6.34. The lowest BCUT2D eigenvalue weighted by Gasteiger charge is -2.13. The summed E-state index contributed by atoms with van der Waals surface area (Å²) < 4.78 is 12.8. The van der Waals surface area contributed by atoms with Gasteiger partial charge in [0.15, 0.2) is 11.5 Å². The lowest BCUT2D eigenvalue weighted by molar-refractivity contribution is -0.394. The minimum absolute atomic E-state index is 0.148. The number of non-ortho nitro benzene ring substituents is 1. The van der Waals surface area contributed by atoms with Gasteiger partial charge in [-0.15, -0.1) is 0 Å². The number of anilines is 1. The molecule has 0 aliphatic heterocycles. The van der Waals surface area contributed by atoms with E-state index in [2.05, 4.69) is 26.0 Å². The Morgan fingerprint density at radius 1 is 1.19 bits per heavy atom. The predicted octanol–water partition coefficient (Wildman–Crippen LogP) is 4.04. The Morgan fingerprint density at radius 2 is 1.94 bits per heavy atom. The van der Waals surface area contributed by atoms with Crippen molar-refractivity contribution >= 4 is 39.5 Å². The molecule has 3 aromatic rings. The summed E-state index contributed by atoms with van der Waals surface area (Å²) in [5, 5.41) is 26.5. The van der Waals surface area contributed by atoms with Crippen molar-refractivity contribution in [2.45, 2.75) is 6.92 Å². The Morgan fingerprint density at radius 3 is 2.52 bits per heavy atom. The first kappa shape index (κ1) is 21.7. The highest BCUT2D eigenvalue weighted by atomic mass is 79.9. The molecule has 0 aliphatic rings. The van der Waals surface area contributed by atoms with Crippen LogP contribution in [0.1, 0.15) is 11.3 Å². The lowest BCUT2D eigenvalue weighted by Crippen LogP contribution is -1.99. The van der Waals surface area contributed by atoms with Crippen molar-refractivity contribution in [2.24, 2.45) is 5.10 Å². The van der Waals surface area contributed by atoms with Crippen LogP contribution in [0.2, 0.25) is 0 Å². The van der Waals surface area contributed by atoms with Crippen LogP contribution in [0.25, 0.3) is 0 Å². The molecule has 0 spiro atoms. The molecule has 2 aromatic carbocycles. The van der Waals surface area contributed by atoms with E-state index in [1.165, 1.54) is 18.0 Å². The van der Waals surface area contributed by atoms with Crippen LogP contribution in [0.5, 0.6) is 17.2 Å². The molecule has 12 nitrogen and oxygen atoms in total. The third-order valence-electron chi connectivity index (χ3n) is 3.98. The van der Waals surface area contributed by atoms with Crippen LogP contribution in [0.3, 0.4) is 0 Å². The Balaban J connectivity index is 1.97. The number of halogens is 1. The fourth-order valence-electron chi connectivity index (χ4n) is 2.60. The van der Waals surface area contributed by atoms with E-state index >= 15 is 0 Å². The summed E-state index contributed by atoms with van der Waals surface area (Å²) in [4.78, 5) is 24.8. The normalized spacial score (nSPS) is 10.9. The maximum absolute atomic E-state index is 11.4. The van der Waals surface area contributed by atoms with Crippen molar-refractivity contribution in [3.63, 3.8) is 0 Å². The summed E-state index contributed by atoms with van der Waals surface area (Å²) in [6.07, 6.45) is 3.17. The highest BCUT2D eigenvalue weighted by molar-refractivity contribution is 9.10. The summed E-state index contributed by atoms with van der Waals surface area (Å²) in [7, 11) is 1.40. The molecule has 13 heteroatoms. The van der Waals surface area contributed by atoms with E-state index in [9.17, 15) is 20.2 Å². The average molecular weight is 491 g/mol. The molecule has 0 saturated carbocycles. The molecule has 3 rings (SSSR count). The molecule has 2 N–H and O–H groups in total. The first-order valence-corrected chi connectivity index (χ1v) is 9.33. The smallest absolute Gasteiger partial charge is 0.318 e. The van der Waals surface area contributed by atoms with Gasteiger partial charge in [0.1, 0.15) is 0 Å². The monoisotopic (exact) mass is 490 g/mol. The van der Waals surface area contributed by atoms with Crippen LogP contribution >= 0.6 is 15.9 Å². The Labute approximate surface area is 183 Å². The molecule has 0 fully saturated rings. The number of nitro groups is 2. The van der Waals surface area contributed by atoms with Crippen molar-refractivity contribution in [3.8, 4) is 17.2 Å². The number of nitro benzene ring substituents is 2. The zero-order chi connectivity index (χ0) is 22.7. The summed E-state index contributed by atoms with van der Waals surface area (Å²) >= 11 is 3.35. The zero-order valence-corrected chi connectivity index (χ0v) is 17.8. The molecule has 1 aromatic heterocycles. The van der Waals surface area contributed by atoms with Crippen LogP contribution in [0.4, 0.5) is 17.3 Å². The maximum atomic E-state index is 11.4. The summed E-state index contributed by atoms with van der Waals surface area (Å²) in [5.74, 6) is 0.441. The Kier molecular flexibility index (Phi) is 6.15. The number of nitrogens with zero attached hydrogens (tertiary/aromatic N) is 5. The molecule has 0 radical (unpaired) electrons. The number of methoxy groups -OCH3 is 1. The van der Waals surface area contributed by atoms with Crippen molar-refractivity contribution in [1.29, 1.82) is 0 Å². The van der Waals surface area contributed by atoms with Gasteiger partial charge < -0.3 is 15.2 Å². The molecule has 0 amide bonds. The van der Waals surface area contributed by atoms with Gasteiger partial charge in [0.2, 0.25) is 11.7 Å². The van der Waals surface area contributed by atoms with Gasteiger partial charge in [-0.2, -0.15) is 5.10 Å². The van der Waals surface area contributed by atoms with Gasteiger partial charge in [-0.25, -0.2) is 9.66 Å². The van der Waals surface area contributed by atoms with Crippen molar-refractivity contribution in [3.05, 3.63) is 72.5 Å². The van der Waals surface area contributed by atoms with Gasteiger partial charge in [-0.3, -0.25) is 20.2 Å². The number of benzene rings is 2. The van der Waals surface area contributed by atoms with Crippen molar-refractivity contribution in [1.82, 2.24) is 9.66 Å². The van der Waals surface area contributed by atoms with Gasteiger partial charge in [-0.05, 0) is 46.6 Å². The largest absolute Gasteiger partial charge is 0.493 e. The summed E-state index contributed by atoms with van der Waals surface area (Å²) in [5.41, 5.74) is 6.10. The fraction of sp³-hybridized carbons (Fsp3) is 0.111. The third kappa shape index (κ3) is 4.78. The number of aromatic nitrogens is 2. The Bertz CT molecular complexity index is 1210. The number of nitrogen functional groups attached to an aromatic ring is 1. The molecular weight excluding hydrogens is 476 g/mol. The molecular formula is C18H15BrN6O6. The van der Waals surface area contributed by atoms with E-state index < -0.39 is 21.2 Å². The van der Waals surface area contributed by atoms with Gasteiger partial charge in [-0.1, -0.05) is 0 Å². The van der Waals surface area contributed by atoms with Crippen LogP contribution in [0.15, 0.2) is 46.1 Å². The number of rotatable bonds is 7. The minimum Gasteiger partial charge on any atom is -0.493 e. The number of aryl methyl sites for hydroxylation is 1. The zero-order valence-electron chi connectivity index (χ0n) is 16.2. The van der Waals surface area contributed by atoms with Gasteiger partial charge in [0.05, 0.1) is 45.6 Å². The number of hydrogen-bond acceptors (Lipinski definition) is 9. The van der Waals surface area contributed by atoms with Crippen LogP contribution in [0, 0.1) is 27.2 Å². The van der Waals surface area contributed by atoms with Crippen LogP contribution < -0.4 is 15.2 Å². The second-order valence-corrected chi connectivity index (χ2v) is 6.99. The van der Waals surface area contributed by atoms with Crippen molar-refractivity contribution < 1.29 is 19.3 Å². The van der Waals surface area contributed by atoms with E-state index in [0.29, 0.717) is 15.7 Å². The number of hydrogen-bond donors (Lipinski definition) is 1. The lowest BCUT2D eigenvalue weighted by atomic mass is 10.2. The van der Waals surface area contributed by atoms with E-state index in [1.807, 2.05) is 0 Å². The highest BCUT2D eigenvalue weighted by Crippen LogP contribution is 2.42. The minimum atomic E-state index is -0.763. The second-order valence-electron chi connectivity index (χ2n) is 6.13. The van der Waals surface area contributed by atoms with E-state index in [4.69, 9.17) is 15.2 Å². The molecule has 160 valence electrons. The molecule has 0 atom stereocenters. The summed E-state index contributed by atoms with van der Waals surface area (Å²) in [6.45, 7) is 1.78. The van der Waals surface area contributed by atoms with E-state index in [1.54, 1.807) is 25.3 Å². The maximum Gasteiger partial charge on any atom is 0.318 e. The van der Waals surface area contributed by atoms with Gasteiger partial charge in [0, 0.05) is 6.07 Å². The van der Waals surface area contributed by atoms with Crippen LogP contribution in [-0.4, -0.2) is 32.8 Å². The fourth-order valence-corrected chi connectivity index (χ4v) is 3.14. The average Bonchev–Trinajstić information content (AvgIpc) is 3.04. The number of imidazole rings is 1. The second kappa shape index (κ2) is 8.79. The van der Waals surface area contributed by atoms with E-state index in [0.717, 1.165) is 18.2 Å². The molecule has 0 saturated heterocycles. The first-order valence-electron chi connectivity index (χ1n) is 8.53. The quantitative estimate of drug-likeness (QED) is 0.294. The molecule has 0 unspecified atom stereocenters. The first-order chi connectivity index (χ1) is 14.7. The molecule has 0 bridgehead atoms. The SMILES string of the molecule is COc1cc(C=Nn2cc(C)nc2N)cc(Br)c1Oc1ccc([N+](=O)[O-])cc1[N+](=O)[O-]. The third-order valence-corrected chi connectivity index (χ3v) is 4.57. The Hall–Kier alpha value is -4.00. The molecule has 31 heavy (non-hydrogen) atoms. The molecule has 0 aliphatic carbocycles.